The van der Waals surface area contributed by atoms with Crippen molar-refractivity contribution in [3.05, 3.63) is 29.6 Å². The highest BCUT2D eigenvalue weighted by Gasteiger charge is 2.41. The molecule has 2 saturated carbocycles. The summed E-state index contributed by atoms with van der Waals surface area (Å²) in [6.07, 6.45) is 6.76. The van der Waals surface area contributed by atoms with Crippen molar-refractivity contribution in [3.8, 4) is 0 Å². The Hall–Kier alpha value is -2.19. The monoisotopic (exact) mass is 510 g/mol. The lowest BCUT2D eigenvalue weighted by atomic mass is 9.91. The maximum atomic E-state index is 13.4. The van der Waals surface area contributed by atoms with Gasteiger partial charge in [-0.15, -0.1) is 0 Å². The summed E-state index contributed by atoms with van der Waals surface area (Å²) in [5.41, 5.74) is 3.16. The molecule has 1 saturated heterocycles. The molecule has 1 aliphatic heterocycles. The number of piperazine rings is 1. The molecule has 196 valence electrons. The quantitative estimate of drug-likeness (QED) is 0.527. The third-order valence-electron chi connectivity index (χ3n) is 9.04. The molecule has 2 aromatic rings. The van der Waals surface area contributed by atoms with Gasteiger partial charge in [0.15, 0.2) is 14.1 Å². The van der Waals surface area contributed by atoms with Crippen molar-refractivity contribution in [2.45, 2.75) is 95.5 Å². The van der Waals surface area contributed by atoms with E-state index in [0.29, 0.717) is 30.9 Å². The average Bonchev–Trinajstić information content (AvgIpc) is 3.62. The van der Waals surface area contributed by atoms with Gasteiger partial charge in [0, 0.05) is 32.3 Å². The number of aryl methyl sites for hydroxylation is 1. The number of rotatable bonds is 5. The van der Waals surface area contributed by atoms with E-state index >= 15 is 0 Å². The molecule has 3 aliphatic rings. The van der Waals surface area contributed by atoms with Gasteiger partial charge >= 0.3 is 0 Å². The van der Waals surface area contributed by atoms with Gasteiger partial charge in [0.2, 0.25) is 5.91 Å². The van der Waals surface area contributed by atoms with E-state index in [2.05, 4.69) is 51.0 Å². The highest BCUT2D eigenvalue weighted by molar-refractivity contribution is 6.74. The van der Waals surface area contributed by atoms with Crippen molar-refractivity contribution < 1.29 is 14.0 Å². The highest BCUT2D eigenvalue weighted by Crippen LogP contribution is 2.41. The van der Waals surface area contributed by atoms with Gasteiger partial charge in [0.1, 0.15) is 6.54 Å². The van der Waals surface area contributed by atoms with E-state index < -0.39 is 8.32 Å². The summed E-state index contributed by atoms with van der Waals surface area (Å²) in [6, 6.07) is 6.58. The van der Waals surface area contributed by atoms with E-state index in [0.717, 1.165) is 36.7 Å². The molecule has 2 heterocycles. The molecule has 0 radical (unpaired) electrons. The Morgan fingerprint density at radius 3 is 2.36 bits per heavy atom. The van der Waals surface area contributed by atoms with Gasteiger partial charge < -0.3 is 18.8 Å². The number of amides is 2. The number of hydrogen-bond acceptors (Lipinski definition) is 4. The fraction of sp³-hybridized carbons (Fsp3) is 0.679. The predicted octanol–water partition coefficient (Wildman–Crippen LogP) is 5.07. The van der Waals surface area contributed by atoms with E-state index in [1.165, 1.54) is 18.4 Å². The predicted molar refractivity (Wildman–Crippen MR) is 145 cm³/mol. The first-order valence-corrected chi connectivity index (χ1v) is 16.6. The molecule has 0 atom stereocenters. The van der Waals surface area contributed by atoms with Crippen molar-refractivity contribution >= 4 is 31.2 Å². The smallest absolute Gasteiger partial charge is 0.290 e. The number of hydrogen-bond donors (Lipinski definition) is 0. The van der Waals surface area contributed by atoms with Gasteiger partial charge in [-0.1, -0.05) is 26.8 Å². The van der Waals surface area contributed by atoms with Crippen molar-refractivity contribution in [2.75, 3.05) is 19.6 Å². The molecular weight excluding hydrogens is 468 g/mol. The van der Waals surface area contributed by atoms with Gasteiger partial charge in [0.25, 0.3) is 5.91 Å². The number of aromatic nitrogens is 2. The van der Waals surface area contributed by atoms with Crippen LogP contribution in [0.1, 0.15) is 81.4 Å². The van der Waals surface area contributed by atoms with E-state index in [1.807, 2.05) is 22.6 Å². The second-order valence-electron chi connectivity index (χ2n) is 12.6. The molecule has 8 heteroatoms. The summed E-state index contributed by atoms with van der Waals surface area (Å²) in [7, 11) is 0.127. The van der Waals surface area contributed by atoms with Gasteiger partial charge in [-0.05, 0) is 80.3 Å². The zero-order valence-corrected chi connectivity index (χ0v) is 23.8. The molecule has 5 rings (SSSR count). The Morgan fingerprint density at radius 2 is 1.75 bits per heavy atom. The van der Waals surface area contributed by atoms with Crippen LogP contribution in [0.3, 0.4) is 0 Å². The maximum Gasteiger partial charge on any atom is 0.290 e. The minimum Gasteiger partial charge on any atom is -0.414 e. The zero-order valence-electron chi connectivity index (χ0n) is 22.8. The zero-order chi connectivity index (χ0) is 25.8. The number of fused-ring (bicyclic) bond motifs is 1. The summed E-state index contributed by atoms with van der Waals surface area (Å²) >= 11 is 0. The minimum atomic E-state index is -1.78. The van der Waals surface area contributed by atoms with Crippen LogP contribution < -0.4 is 0 Å². The second kappa shape index (κ2) is 9.28. The standard InChI is InChI=1S/C28H42N4O3Si/c1-28(2,3)36(5,6)35-22-12-10-21(11-13-22)32-16-15-31(18-25(32)33)27(34)26-29-23-14-9-20(19-7-8-19)17-24(23)30(26)4/h9,14,17,19,21-22H,7-8,10-13,15-16,18H2,1-6H3/t21-,22-. The lowest BCUT2D eigenvalue weighted by Crippen LogP contribution is -2.56. The molecule has 1 aromatic heterocycles. The molecule has 0 unspecified atom stereocenters. The van der Waals surface area contributed by atoms with Crippen LogP contribution in [0.4, 0.5) is 0 Å². The SMILES string of the molecule is Cn1c(C(=O)N2CCN([C@H]3CC[C@H](O[Si](C)(C)C(C)(C)C)CC3)C(=O)C2)nc2ccc(C3CC3)cc21. The molecule has 3 fully saturated rings. The second-order valence-corrected chi connectivity index (χ2v) is 17.4. The molecule has 2 aliphatic carbocycles. The van der Waals surface area contributed by atoms with Gasteiger partial charge in [-0.2, -0.15) is 0 Å². The maximum absolute atomic E-state index is 13.4. The van der Waals surface area contributed by atoms with Crippen LogP contribution in [-0.2, 0) is 16.3 Å². The number of benzene rings is 1. The third kappa shape index (κ3) is 4.86. The first-order valence-electron chi connectivity index (χ1n) is 13.7. The van der Waals surface area contributed by atoms with Gasteiger partial charge in [0.05, 0.1) is 11.0 Å². The topological polar surface area (TPSA) is 67.7 Å². The molecule has 36 heavy (non-hydrogen) atoms. The molecule has 0 bridgehead atoms. The van der Waals surface area contributed by atoms with Crippen molar-refractivity contribution in [1.82, 2.24) is 19.4 Å². The van der Waals surface area contributed by atoms with Crippen LogP contribution in [0.25, 0.3) is 11.0 Å². The first-order chi connectivity index (χ1) is 16.9. The molecule has 2 amide bonds. The summed E-state index contributed by atoms with van der Waals surface area (Å²) in [5, 5.41) is 0.210. The van der Waals surface area contributed by atoms with Crippen LogP contribution >= 0.6 is 0 Å². The summed E-state index contributed by atoms with van der Waals surface area (Å²) in [5.74, 6) is 0.976. The Morgan fingerprint density at radius 1 is 1.06 bits per heavy atom. The Labute approximate surface area is 216 Å². The first kappa shape index (κ1) is 25.5. The van der Waals surface area contributed by atoms with Crippen LogP contribution in [0.2, 0.25) is 18.1 Å². The fourth-order valence-corrected chi connectivity index (χ4v) is 6.95. The van der Waals surface area contributed by atoms with Crippen molar-refractivity contribution in [3.63, 3.8) is 0 Å². The summed E-state index contributed by atoms with van der Waals surface area (Å²) in [4.78, 5) is 34.8. The van der Waals surface area contributed by atoms with Crippen molar-refractivity contribution in [2.24, 2.45) is 7.05 Å². The van der Waals surface area contributed by atoms with E-state index in [1.54, 1.807) is 4.90 Å². The Kier molecular flexibility index (Phi) is 6.56. The summed E-state index contributed by atoms with van der Waals surface area (Å²) < 4.78 is 8.53. The number of carbonyl (C=O) groups is 2. The normalized spacial score (nSPS) is 24.0. The number of imidazole rings is 1. The molecule has 7 nitrogen and oxygen atoms in total. The summed E-state index contributed by atoms with van der Waals surface area (Å²) in [6.45, 7) is 12.8. The van der Waals surface area contributed by atoms with Crippen molar-refractivity contribution in [1.29, 1.82) is 0 Å². The third-order valence-corrected chi connectivity index (χ3v) is 13.6. The lowest BCUT2D eigenvalue weighted by molar-refractivity contribution is -0.138. The number of nitrogens with zero attached hydrogens (tertiary/aromatic N) is 4. The van der Waals surface area contributed by atoms with E-state index in [-0.39, 0.29) is 29.4 Å². The largest absolute Gasteiger partial charge is 0.414 e. The lowest BCUT2D eigenvalue weighted by Gasteiger charge is -2.44. The Bertz CT molecular complexity index is 1160. The molecule has 0 spiro atoms. The minimum absolute atomic E-state index is 0.0538. The van der Waals surface area contributed by atoms with Gasteiger partial charge in [-0.3, -0.25) is 9.59 Å². The van der Waals surface area contributed by atoms with E-state index in [9.17, 15) is 9.59 Å². The molecule has 1 aromatic carbocycles. The molecule has 0 N–H and O–H groups in total. The highest BCUT2D eigenvalue weighted by atomic mass is 28.4. The Balaban J connectivity index is 1.19. The number of carbonyl (C=O) groups excluding carboxylic acids is 2. The van der Waals surface area contributed by atoms with Gasteiger partial charge in [-0.25, -0.2) is 4.98 Å². The van der Waals surface area contributed by atoms with E-state index in [4.69, 9.17) is 4.43 Å². The van der Waals surface area contributed by atoms with Crippen LogP contribution in [-0.4, -0.2) is 71.3 Å². The average molecular weight is 511 g/mol. The van der Waals surface area contributed by atoms with Crippen LogP contribution in [0.15, 0.2) is 18.2 Å². The van der Waals surface area contributed by atoms with Crippen LogP contribution in [0.5, 0.6) is 0 Å². The fourth-order valence-electron chi connectivity index (χ4n) is 5.52. The van der Waals surface area contributed by atoms with Crippen LogP contribution in [0, 0.1) is 0 Å². The molecular formula is C28H42N4O3Si.